The van der Waals surface area contributed by atoms with Crippen molar-refractivity contribution >= 4 is 32.8 Å². The number of carbonyl (C=O) groups is 1. The van der Waals surface area contributed by atoms with Gasteiger partial charge < -0.3 is 16.2 Å². The van der Waals surface area contributed by atoms with E-state index in [-0.39, 0.29) is 16.5 Å². The van der Waals surface area contributed by atoms with Crippen molar-refractivity contribution in [1.29, 1.82) is 0 Å². The molecular formula is C21H25N5O4S. The van der Waals surface area contributed by atoms with Crippen molar-refractivity contribution in [3.63, 3.8) is 0 Å². The van der Waals surface area contributed by atoms with Crippen LogP contribution in [-0.4, -0.2) is 41.2 Å². The Hall–Kier alpha value is -3.11. The first-order valence-electron chi connectivity index (χ1n) is 9.93. The lowest BCUT2D eigenvalue weighted by Gasteiger charge is -2.32. The van der Waals surface area contributed by atoms with Gasteiger partial charge in [0.2, 0.25) is 0 Å². The van der Waals surface area contributed by atoms with Gasteiger partial charge in [-0.1, -0.05) is 32.0 Å². The summed E-state index contributed by atoms with van der Waals surface area (Å²) in [6.07, 6.45) is 3.77. The summed E-state index contributed by atoms with van der Waals surface area (Å²) < 4.78 is 29.4. The Morgan fingerprint density at radius 1 is 1.26 bits per heavy atom. The van der Waals surface area contributed by atoms with E-state index in [0.717, 1.165) is 6.42 Å². The number of anilines is 2. The van der Waals surface area contributed by atoms with Crippen molar-refractivity contribution in [3.8, 4) is 0 Å². The highest BCUT2D eigenvalue weighted by Gasteiger charge is 2.42. The smallest absolute Gasteiger partial charge is 0.261 e. The zero-order valence-electron chi connectivity index (χ0n) is 17.2. The fourth-order valence-electron chi connectivity index (χ4n) is 4.00. The van der Waals surface area contributed by atoms with Crippen LogP contribution in [0.2, 0.25) is 0 Å². The van der Waals surface area contributed by atoms with E-state index in [1.165, 1.54) is 29.0 Å². The molecule has 0 unspecified atom stereocenters. The van der Waals surface area contributed by atoms with Gasteiger partial charge in [-0.2, -0.15) is 5.10 Å². The van der Waals surface area contributed by atoms with Crippen molar-refractivity contribution in [2.45, 2.75) is 43.7 Å². The normalized spacial score (nSPS) is 20.6. The molecule has 10 heteroatoms. The number of hydrogen-bond acceptors (Lipinski definition) is 6. The minimum Gasteiger partial charge on any atom is -0.392 e. The molecule has 0 bridgehead atoms. The molecule has 1 saturated carbocycles. The first kappa shape index (κ1) is 21.1. The molecule has 3 aromatic rings. The average molecular weight is 444 g/mol. The summed E-state index contributed by atoms with van der Waals surface area (Å²) >= 11 is 0. The minimum absolute atomic E-state index is 0.105. The minimum atomic E-state index is -3.78. The van der Waals surface area contributed by atoms with Crippen LogP contribution in [0.4, 0.5) is 11.4 Å². The van der Waals surface area contributed by atoms with Gasteiger partial charge in [-0.15, -0.1) is 0 Å². The van der Waals surface area contributed by atoms with E-state index in [4.69, 9.17) is 5.73 Å². The predicted molar refractivity (Wildman–Crippen MR) is 117 cm³/mol. The molecule has 2 atom stereocenters. The number of benzene rings is 1. The lowest BCUT2D eigenvalue weighted by molar-refractivity contribution is 0.0748. The van der Waals surface area contributed by atoms with Gasteiger partial charge in [0.15, 0.2) is 0 Å². The van der Waals surface area contributed by atoms with Crippen LogP contribution < -0.4 is 15.8 Å². The Kier molecular flexibility index (Phi) is 5.14. The molecule has 1 amide bonds. The molecule has 5 N–H and O–H groups in total. The van der Waals surface area contributed by atoms with Crippen molar-refractivity contribution in [1.82, 2.24) is 9.61 Å². The van der Waals surface area contributed by atoms with Crippen LogP contribution in [0.5, 0.6) is 0 Å². The molecular weight excluding hydrogens is 418 g/mol. The SMILES string of the molecule is CC1(C)[C@H](O)CC[C@H]1Nc1c(C(N)=O)cnn2cc(NS(=O)(=O)c3ccccc3)cc12. The molecule has 0 spiro atoms. The van der Waals surface area contributed by atoms with Gasteiger partial charge >= 0.3 is 0 Å². The molecule has 2 aromatic heterocycles. The van der Waals surface area contributed by atoms with Crippen molar-refractivity contribution in [2.75, 3.05) is 10.0 Å². The zero-order valence-corrected chi connectivity index (χ0v) is 18.1. The lowest BCUT2D eigenvalue weighted by Crippen LogP contribution is -2.38. The third kappa shape index (κ3) is 3.84. The van der Waals surface area contributed by atoms with E-state index in [1.807, 2.05) is 13.8 Å². The monoisotopic (exact) mass is 443 g/mol. The summed E-state index contributed by atoms with van der Waals surface area (Å²) in [6, 6.07) is 9.52. The van der Waals surface area contributed by atoms with E-state index in [9.17, 15) is 18.3 Å². The fraction of sp³-hybridized carbons (Fsp3) is 0.333. The maximum atomic E-state index is 12.7. The number of primary amides is 1. The first-order chi connectivity index (χ1) is 14.6. The lowest BCUT2D eigenvalue weighted by atomic mass is 9.85. The van der Waals surface area contributed by atoms with E-state index in [1.54, 1.807) is 24.3 Å². The van der Waals surface area contributed by atoms with E-state index in [0.29, 0.717) is 23.3 Å². The highest BCUT2D eigenvalue weighted by molar-refractivity contribution is 7.92. The van der Waals surface area contributed by atoms with E-state index < -0.39 is 27.4 Å². The van der Waals surface area contributed by atoms with Gasteiger partial charge in [-0.25, -0.2) is 12.9 Å². The topological polar surface area (TPSA) is 139 Å². The molecule has 4 rings (SSSR count). The molecule has 1 aliphatic carbocycles. The maximum Gasteiger partial charge on any atom is 0.261 e. The maximum absolute atomic E-state index is 12.7. The number of aliphatic hydroxyl groups is 1. The van der Waals surface area contributed by atoms with Crippen LogP contribution in [-0.2, 0) is 10.0 Å². The second-order valence-electron chi connectivity index (χ2n) is 8.39. The van der Waals surface area contributed by atoms with Crippen molar-refractivity contribution < 1.29 is 18.3 Å². The zero-order chi connectivity index (χ0) is 22.4. The quantitative estimate of drug-likeness (QED) is 0.461. The average Bonchev–Trinajstić information content (AvgIpc) is 3.23. The van der Waals surface area contributed by atoms with Crippen LogP contribution >= 0.6 is 0 Å². The number of aromatic nitrogens is 2. The molecule has 2 heterocycles. The van der Waals surface area contributed by atoms with Crippen molar-refractivity contribution in [3.05, 3.63) is 54.4 Å². The number of nitrogens with zero attached hydrogens (tertiary/aromatic N) is 2. The molecule has 1 fully saturated rings. The third-order valence-electron chi connectivity index (χ3n) is 6.01. The van der Waals surface area contributed by atoms with Gasteiger partial charge in [0.1, 0.15) is 0 Å². The third-order valence-corrected chi connectivity index (χ3v) is 7.41. The van der Waals surface area contributed by atoms with Gasteiger partial charge in [0, 0.05) is 11.5 Å². The first-order valence-corrected chi connectivity index (χ1v) is 11.4. The van der Waals surface area contributed by atoms with Gasteiger partial charge in [0.05, 0.1) is 45.8 Å². The summed E-state index contributed by atoms with van der Waals surface area (Å²) in [7, 11) is -3.78. The summed E-state index contributed by atoms with van der Waals surface area (Å²) in [5.74, 6) is -0.651. The molecule has 1 aliphatic rings. The largest absolute Gasteiger partial charge is 0.392 e. The van der Waals surface area contributed by atoms with Gasteiger partial charge in [-0.05, 0) is 31.0 Å². The Labute approximate surface area is 180 Å². The van der Waals surface area contributed by atoms with Crippen LogP contribution in [0.1, 0.15) is 37.0 Å². The Morgan fingerprint density at radius 3 is 2.58 bits per heavy atom. The Morgan fingerprint density at radius 2 is 1.97 bits per heavy atom. The van der Waals surface area contributed by atoms with Crippen LogP contribution in [0.15, 0.2) is 53.7 Å². The second-order valence-corrected chi connectivity index (χ2v) is 10.1. The number of hydrogen-bond donors (Lipinski definition) is 4. The Balaban J connectivity index is 1.74. The van der Waals surface area contributed by atoms with Gasteiger partial charge in [0.25, 0.3) is 15.9 Å². The summed E-state index contributed by atoms with van der Waals surface area (Å²) in [5, 5.41) is 17.9. The molecule has 1 aromatic carbocycles. The number of amides is 1. The number of sulfonamides is 1. The molecule has 31 heavy (non-hydrogen) atoms. The second kappa shape index (κ2) is 7.54. The molecule has 0 saturated heterocycles. The number of nitrogens with one attached hydrogen (secondary N) is 2. The number of rotatable bonds is 6. The standard InChI is InChI=1S/C21H25N5O4S/c1-21(2)17(8-9-18(21)27)24-19-15(20(22)28)11-23-26-12-13(10-16(19)26)25-31(29,30)14-6-4-3-5-7-14/h3-7,10-12,17-18,24-25,27H,8-9H2,1-2H3,(H2,22,28)/t17-,18-/m1/s1. The van der Waals surface area contributed by atoms with Crippen LogP contribution in [0.3, 0.4) is 0 Å². The molecule has 164 valence electrons. The number of nitrogens with two attached hydrogens (primary N) is 1. The van der Waals surface area contributed by atoms with E-state index in [2.05, 4.69) is 15.1 Å². The number of aliphatic hydroxyl groups excluding tert-OH is 1. The summed E-state index contributed by atoms with van der Waals surface area (Å²) in [4.78, 5) is 12.2. The Bertz CT molecular complexity index is 1240. The summed E-state index contributed by atoms with van der Waals surface area (Å²) in [6.45, 7) is 3.92. The van der Waals surface area contributed by atoms with E-state index >= 15 is 0 Å². The number of fused-ring (bicyclic) bond motifs is 1. The summed E-state index contributed by atoms with van der Waals surface area (Å²) in [5.41, 5.74) is 6.60. The highest BCUT2D eigenvalue weighted by Crippen LogP contribution is 2.40. The molecule has 0 radical (unpaired) electrons. The number of carbonyl (C=O) groups excluding carboxylic acids is 1. The predicted octanol–water partition coefficient (Wildman–Crippen LogP) is 2.20. The highest BCUT2D eigenvalue weighted by atomic mass is 32.2. The fourth-order valence-corrected chi connectivity index (χ4v) is 5.05. The van der Waals surface area contributed by atoms with Crippen LogP contribution in [0.25, 0.3) is 5.52 Å². The molecule has 9 nitrogen and oxygen atoms in total. The van der Waals surface area contributed by atoms with Gasteiger partial charge in [-0.3, -0.25) is 9.52 Å². The van der Waals surface area contributed by atoms with Crippen LogP contribution in [0, 0.1) is 5.41 Å². The van der Waals surface area contributed by atoms with Crippen molar-refractivity contribution in [2.24, 2.45) is 11.1 Å². The molecule has 0 aliphatic heterocycles.